The largest absolute Gasteiger partial charge is 0.358 e. The molecule has 21 heavy (non-hydrogen) atoms. The van der Waals surface area contributed by atoms with E-state index < -0.39 is 0 Å². The van der Waals surface area contributed by atoms with Crippen LogP contribution in [0.15, 0.2) is 11.6 Å². The predicted octanol–water partition coefficient (Wildman–Crippen LogP) is 3.52. The van der Waals surface area contributed by atoms with E-state index in [0.29, 0.717) is 0 Å². The average Bonchev–Trinajstić information content (AvgIpc) is 3.07. The molecule has 0 aromatic carbocycles. The third-order valence-corrected chi connectivity index (χ3v) is 5.26. The Labute approximate surface area is 131 Å². The van der Waals surface area contributed by atoms with Crippen molar-refractivity contribution >= 4 is 22.1 Å². The summed E-state index contributed by atoms with van der Waals surface area (Å²) in [7, 11) is 2.20. The summed E-state index contributed by atoms with van der Waals surface area (Å²) in [5, 5.41) is 5.56. The summed E-state index contributed by atoms with van der Waals surface area (Å²) in [6.45, 7) is 5.17. The Morgan fingerprint density at radius 1 is 1.38 bits per heavy atom. The lowest BCUT2D eigenvalue weighted by Crippen LogP contribution is -2.28. The van der Waals surface area contributed by atoms with Gasteiger partial charge in [-0.1, -0.05) is 26.2 Å². The van der Waals surface area contributed by atoms with Crippen molar-refractivity contribution in [2.24, 2.45) is 5.92 Å². The molecule has 0 unspecified atom stereocenters. The Balaban J connectivity index is 1.78. The molecular weight excluding hydrogens is 280 g/mol. The van der Waals surface area contributed by atoms with Gasteiger partial charge in [-0.3, -0.25) is 4.40 Å². The number of hydrogen-bond donors (Lipinski definition) is 1. The highest BCUT2D eigenvalue weighted by atomic mass is 32.1. The average molecular weight is 306 g/mol. The minimum absolute atomic E-state index is 0.843. The molecule has 1 aliphatic carbocycles. The maximum atomic E-state index is 4.86. The zero-order valence-corrected chi connectivity index (χ0v) is 14.0. The summed E-state index contributed by atoms with van der Waals surface area (Å²) in [5.74, 6) is 2.00. The fourth-order valence-corrected chi connectivity index (χ4v) is 4.11. The molecule has 3 rings (SSSR count). The summed E-state index contributed by atoms with van der Waals surface area (Å²) in [6.07, 6.45) is 9.13. The summed E-state index contributed by atoms with van der Waals surface area (Å²) in [6, 6.07) is 0. The molecule has 0 spiro atoms. The van der Waals surface area contributed by atoms with E-state index in [-0.39, 0.29) is 0 Å². The molecule has 1 N–H and O–H groups in total. The molecule has 1 saturated carbocycles. The lowest BCUT2D eigenvalue weighted by Gasteiger charge is -2.27. The quantitative estimate of drug-likeness (QED) is 0.886. The van der Waals surface area contributed by atoms with Gasteiger partial charge in [0.25, 0.3) is 0 Å². The minimum atomic E-state index is 0.843. The monoisotopic (exact) mass is 306 g/mol. The molecule has 0 saturated heterocycles. The van der Waals surface area contributed by atoms with Gasteiger partial charge in [0.2, 0.25) is 0 Å². The Morgan fingerprint density at radius 2 is 2.19 bits per heavy atom. The lowest BCUT2D eigenvalue weighted by molar-refractivity contribution is 0.361. The first-order valence-electron chi connectivity index (χ1n) is 8.16. The molecular formula is C16H26N4S. The Bertz CT molecular complexity index is 568. The zero-order chi connectivity index (χ0) is 14.7. The van der Waals surface area contributed by atoms with Gasteiger partial charge >= 0.3 is 0 Å². The van der Waals surface area contributed by atoms with E-state index in [2.05, 4.69) is 40.2 Å². The summed E-state index contributed by atoms with van der Waals surface area (Å²) >= 11 is 1.72. The van der Waals surface area contributed by atoms with Crippen molar-refractivity contribution in [1.29, 1.82) is 0 Å². The van der Waals surface area contributed by atoms with Crippen molar-refractivity contribution in [3.05, 3.63) is 17.3 Å². The zero-order valence-electron chi connectivity index (χ0n) is 13.1. The molecule has 2 aromatic rings. The molecule has 1 aliphatic rings. The van der Waals surface area contributed by atoms with Crippen molar-refractivity contribution in [3.63, 3.8) is 0 Å². The molecule has 2 heterocycles. The molecule has 2 aromatic heterocycles. The summed E-state index contributed by atoms with van der Waals surface area (Å²) in [4.78, 5) is 8.34. The number of hydrogen-bond acceptors (Lipinski definition) is 4. The normalized spacial score (nSPS) is 16.7. The van der Waals surface area contributed by atoms with Gasteiger partial charge in [0.15, 0.2) is 10.8 Å². The predicted molar refractivity (Wildman–Crippen MR) is 90.3 cm³/mol. The molecule has 4 nitrogen and oxygen atoms in total. The fourth-order valence-electron chi connectivity index (χ4n) is 3.38. The highest BCUT2D eigenvalue weighted by Gasteiger charge is 2.20. The highest BCUT2D eigenvalue weighted by Crippen LogP contribution is 2.28. The smallest absolute Gasteiger partial charge is 0.195 e. The fraction of sp³-hybridized carbons (Fsp3) is 0.688. The molecule has 1 fully saturated rings. The van der Waals surface area contributed by atoms with Gasteiger partial charge in [0.1, 0.15) is 0 Å². The lowest BCUT2D eigenvalue weighted by atomic mass is 9.89. The number of rotatable bonds is 6. The number of anilines is 1. The standard InChI is InChI=1S/C16H26N4S/c1-3-17-11-14-15(18-16-20(14)9-10-21-16)19(2)12-13-7-5-4-6-8-13/h9-10,13,17H,3-8,11-12H2,1-2H3. The number of aromatic nitrogens is 2. The van der Waals surface area contributed by atoms with Crippen LogP contribution in [0.25, 0.3) is 4.96 Å². The van der Waals surface area contributed by atoms with Crippen LogP contribution in [-0.2, 0) is 6.54 Å². The van der Waals surface area contributed by atoms with Crippen LogP contribution in [-0.4, -0.2) is 29.5 Å². The number of nitrogens with zero attached hydrogens (tertiary/aromatic N) is 3. The van der Waals surface area contributed by atoms with E-state index in [1.54, 1.807) is 11.3 Å². The molecule has 0 radical (unpaired) electrons. The molecule has 0 atom stereocenters. The molecule has 0 amide bonds. The second kappa shape index (κ2) is 6.79. The van der Waals surface area contributed by atoms with Crippen LogP contribution >= 0.6 is 11.3 Å². The number of thiazole rings is 1. The van der Waals surface area contributed by atoms with Gasteiger partial charge in [-0.25, -0.2) is 4.98 Å². The molecule has 116 valence electrons. The maximum Gasteiger partial charge on any atom is 0.195 e. The van der Waals surface area contributed by atoms with Gasteiger partial charge in [-0.15, -0.1) is 11.3 Å². The van der Waals surface area contributed by atoms with Crippen molar-refractivity contribution in [2.75, 3.05) is 25.0 Å². The number of fused-ring (bicyclic) bond motifs is 1. The van der Waals surface area contributed by atoms with E-state index in [1.807, 2.05) is 0 Å². The van der Waals surface area contributed by atoms with Crippen LogP contribution in [0.3, 0.4) is 0 Å². The number of nitrogens with one attached hydrogen (secondary N) is 1. The van der Waals surface area contributed by atoms with Crippen molar-refractivity contribution < 1.29 is 0 Å². The van der Waals surface area contributed by atoms with Gasteiger partial charge in [0.05, 0.1) is 5.69 Å². The topological polar surface area (TPSA) is 32.6 Å². The van der Waals surface area contributed by atoms with E-state index in [1.165, 1.54) is 37.8 Å². The Kier molecular flexibility index (Phi) is 4.80. The van der Waals surface area contributed by atoms with Crippen LogP contribution in [0.4, 0.5) is 5.82 Å². The van der Waals surface area contributed by atoms with Crippen LogP contribution in [0.5, 0.6) is 0 Å². The minimum Gasteiger partial charge on any atom is -0.358 e. The van der Waals surface area contributed by atoms with Gasteiger partial charge in [-0.05, 0) is 25.3 Å². The first-order chi connectivity index (χ1) is 10.3. The van der Waals surface area contributed by atoms with E-state index >= 15 is 0 Å². The third-order valence-electron chi connectivity index (χ3n) is 4.50. The highest BCUT2D eigenvalue weighted by molar-refractivity contribution is 7.15. The van der Waals surface area contributed by atoms with Crippen molar-refractivity contribution in [1.82, 2.24) is 14.7 Å². The first kappa shape index (κ1) is 14.9. The summed E-state index contributed by atoms with van der Waals surface area (Å²) < 4.78 is 2.24. The SMILES string of the molecule is CCNCc1c(N(C)CC2CCCCC2)nc2sccn12. The molecule has 0 bridgehead atoms. The van der Waals surface area contributed by atoms with Gasteiger partial charge < -0.3 is 10.2 Å². The molecule has 5 heteroatoms. The maximum absolute atomic E-state index is 4.86. The second-order valence-electron chi connectivity index (χ2n) is 6.10. The van der Waals surface area contributed by atoms with Crippen LogP contribution in [0.2, 0.25) is 0 Å². The van der Waals surface area contributed by atoms with E-state index in [0.717, 1.165) is 36.3 Å². The Morgan fingerprint density at radius 3 is 2.95 bits per heavy atom. The Hall–Kier alpha value is -1.07. The number of imidazole rings is 1. The van der Waals surface area contributed by atoms with E-state index in [4.69, 9.17) is 4.98 Å². The van der Waals surface area contributed by atoms with Crippen LogP contribution in [0.1, 0.15) is 44.7 Å². The second-order valence-corrected chi connectivity index (χ2v) is 6.98. The molecule has 0 aliphatic heterocycles. The van der Waals surface area contributed by atoms with Crippen molar-refractivity contribution in [2.45, 2.75) is 45.6 Å². The van der Waals surface area contributed by atoms with Crippen LogP contribution in [0, 0.1) is 5.92 Å². The van der Waals surface area contributed by atoms with Crippen LogP contribution < -0.4 is 10.2 Å². The van der Waals surface area contributed by atoms with Gasteiger partial charge in [0, 0.05) is 31.7 Å². The summed E-state index contributed by atoms with van der Waals surface area (Å²) in [5.41, 5.74) is 1.30. The van der Waals surface area contributed by atoms with Crippen molar-refractivity contribution in [3.8, 4) is 0 Å². The van der Waals surface area contributed by atoms with Gasteiger partial charge in [-0.2, -0.15) is 0 Å². The third kappa shape index (κ3) is 3.24. The van der Waals surface area contributed by atoms with E-state index in [9.17, 15) is 0 Å². The first-order valence-corrected chi connectivity index (χ1v) is 9.03.